The fraction of sp³-hybridized carbons (Fsp3) is 0.308. The van der Waals surface area contributed by atoms with Crippen molar-refractivity contribution >= 4 is 34.1 Å². The Morgan fingerprint density at radius 2 is 2.20 bits per heavy atom. The van der Waals surface area contributed by atoms with E-state index in [1.54, 1.807) is 18.4 Å². The Morgan fingerprint density at radius 1 is 1.35 bits per heavy atom. The van der Waals surface area contributed by atoms with Crippen LogP contribution in [0, 0.1) is 6.92 Å². The van der Waals surface area contributed by atoms with Crippen LogP contribution in [0.15, 0.2) is 17.1 Å². The van der Waals surface area contributed by atoms with Crippen LogP contribution in [0.3, 0.4) is 0 Å². The van der Waals surface area contributed by atoms with Crippen LogP contribution in [-0.4, -0.2) is 26.6 Å². The maximum atomic E-state index is 6.01. The van der Waals surface area contributed by atoms with Crippen LogP contribution in [0.5, 0.6) is 5.88 Å². The molecule has 3 aromatic rings. The van der Waals surface area contributed by atoms with Crippen molar-refractivity contribution in [1.82, 2.24) is 19.5 Å². The van der Waals surface area contributed by atoms with Gasteiger partial charge in [0.25, 0.3) is 0 Å². The Bertz CT molecular complexity index is 752. The topological polar surface area (TPSA) is 52.8 Å². The smallest absolute Gasteiger partial charge is 0.245 e. The van der Waals surface area contributed by atoms with Crippen molar-refractivity contribution in [2.24, 2.45) is 0 Å². The van der Waals surface area contributed by atoms with Crippen molar-refractivity contribution in [3.05, 3.63) is 34.0 Å². The van der Waals surface area contributed by atoms with E-state index in [4.69, 9.17) is 16.3 Å². The summed E-state index contributed by atoms with van der Waals surface area (Å²) in [5, 5.41) is 4.27. The molecule has 0 atom stereocenters. The molecule has 0 fully saturated rings. The standard InChI is InChI=1S/C13H13ClN4OS/c1-8-5-20-6-9(8)4-18-10(3-14)17-11-12(18)15-7-16-13(11)19-2/h5-7H,3-4H2,1-2H3. The van der Waals surface area contributed by atoms with Crippen molar-refractivity contribution in [1.29, 1.82) is 0 Å². The highest BCUT2D eigenvalue weighted by atomic mass is 35.5. The van der Waals surface area contributed by atoms with Gasteiger partial charge in [-0.2, -0.15) is 16.3 Å². The van der Waals surface area contributed by atoms with Gasteiger partial charge in [-0.1, -0.05) is 0 Å². The first kappa shape index (κ1) is 13.3. The number of hydrogen-bond acceptors (Lipinski definition) is 5. The molecule has 0 spiro atoms. The highest BCUT2D eigenvalue weighted by molar-refractivity contribution is 7.08. The molecule has 0 saturated heterocycles. The van der Waals surface area contributed by atoms with E-state index in [2.05, 4.69) is 32.6 Å². The van der Waals surface area contributed by atoms with Crippen LogP contribution in [0.2, 0.25) is 0 Å². The predicted molar refractivity (Wildman–Crippen MR) is 79.6 cm³/mol. The molecule has 20 heavy (non-hydrogen) atoms. The Kier molecular flexibility index (Phi) is 3.58. The van der Waals surface area contributed by atoms with Gasteiger partial charge >= 0.3 is 0 Å². The number of hydrogen-bond donors (Lipinski definition) is 0. The number of methoxy groups -OCH3 is 1. The Labute approximate surface area is 125 Å². The molecule has 0 aliphatic carbocycles. The van der Waals surface area contributed by atoms with E-state index in [1.807, 2.05) is 4.57 Å². The van der Waals surface area contributed by atoms with Crippen LogP contribution in [-0.2, 0) is 12.4 Å². The molecule has 104 valence electrons. The van der Waals surface area contributed by atoms with Crippen LogP contribution < -0.4 is 4.74 Å². The normalized spacial score (nSPS) is 11.2. The summed E-state index contributed by atoms with van der Waals surface area (Å²) in [7, 11) is 1.57. The fourth-order valence-corrected chi connectivity index (χ4v) is 3.15. The molecule has 0 N–H and O–H groups in total. The monoisotopic (exact) mass is 308 g/mol. The summed E-state index contributed by atoms with van der Waals surface area (Å²) < 4.78 is 7.25. The van der Waals surface area contributed by atoms with Crippen molar-refractivity contribution in [2.75, 3.05) is 7.11 Å². The Morgan fingerprint density at radius 3 is 2.85 bits per heavy atom. The molecule has 5 nitrogen and oxygen atoms in total. The molecular formula is C13H13ClN4OS. The molecule has 0 aromatic carbocycles. The molecule has 0 amide bonds. The molecule has 0 saturated carbocycles. The molecule has 7 heteroatoms. The molecule has 3 heterocycles. The Balaban J connectivity index is 2.16. The van der Waals surface area contributed by atoms with E-state index in [0.29, 0.717) is 23.8 Å². The fourth-order valence-electron chi connectivity index (χ4n) is 2.10. The van der Waals surface area contributed by atoms with Gasteiger partial charge in [0, 0.05) is 0 Å². The van der Waals surface area contributed by atoms with Gasteiger partial charge in [-0.05, 0) is 28.8 Å². The molecular weight excluding hydrogens is 296 g/mol. The molecule has 3 rings (SSSR count). The summed E-state index contributed by atoms with van der Waals surface area (Å²) in [6.07, 6.45) is 1.48. The summed E-state index contributed by atoms with van der Waals surface area (Å²) in [5.74, 6) is 1.57. The van der Waals surface area contributed by atoms with Gasteiger partial charge in [-0.25, -0.2) is 9.97 Å². The van der Waals surface area contributed by atoms with Crippen molar-refractivity contribution in [3.63, 3.8) is 0 Å². The second-order valence-corrected chi connectivity index (χ2v) is 5.39. The third-order valence-electron chi connectivity index (χ3n) is 3.18. The number of alkyl halides is 1. The number of rotatable bonds is 4. The van der Waals surface area contributed by atoms with Gasteiger partial charge in [0.15, 0.2) is 11.2 Å². The van der Waals surface area contributed by atoms with Crippen molar-refractivity contribution in [3.8, 4) is 5.88 Å². The van der Waals surface area contributed by atoms with E-state index in [1.165, 1.54) is 17.5 Å². The van der Waals surface area contributed by atoms with E-state index >= 15 is 0 Å². The summed E-state index contributed by atoms with van der Waals surface area (Å²) in [6.45, 7) is 2.80. The van der Waals surface area contributed by atoms with Gasteiger partial charge in [0.05, 0.1) is 19.5 Å². The van der Waals surface area contributed by atoms with Gasteiger partial charge in [-0.3, -0.25) is 0 Å². The van der Waals surface area contributed by atoms with Gasteiger partial charge in [-0.15, -0.1) is 11.6 Å². The van der Waals surface area contributed by atoms with Crippen LogP contribution in [0.25, 0.3) is 11.2 Å². The molecule has 0 radical (unpaired) electrons. The van der Waals surface area contributed by atoms with Gasteiger partial charge < -0.3 is 9.30 Å². The quantitative estimate of drug-likeness (QED) is 0.695. The van der Waals surface area contributed by atoms with Crippen molar-refractivity contribution < 1.29 is 4.74 Å². The SMILES string of the molecule is COc1ncnc2c1nc(CCl)n2Cc1cscc1C. The second kappa shape index (κ2) is 5.38. The van der Waals surface area contributed by atoms with E-state index in [9.17, 15) is 0 Å². The number of aromatic nitrogens is 4. The lowest BCUT2D eigenvalue weighted by Crippen LogP contribution is -2.05. The molecule has 0 aliphatic heterocycles. The summed E-state index contributed by atoms with van der Waals surface area (Å²) in [5.41, 5.74) is 3.91. The predicted octanol–water partition coefficient (Wildman–Crippen LogP) is 2.99. The number of aryl methyl sites for hydroxylation is 1. The lowest BCUT2D eigenvalue weighted by Gasteiger charge is -2.06. The second-order valence-electron chi connectivity index (χ2n) is 4.38. The molecule has 0 unspecified atom stereocenters. The first-order valence-corrected chi connectivity index (χ1v) is 7.54. The van der Waals surface area contributed by atoms with Crippen LogP contribution in [0.4, 0.5) is 0 Å². The summed E-state index contributed by atoms with van der Waals surface area (Å²) in [6, 6.07) is 0. The zero-order valence-corrected chi connectivity index (χ0v) is 12.7. The van der Waals surface area contributed by atoms with Crippen LogP contribution >= 0.6 is 22.9 Å². The minimum atomic E-state index is 0.322. The largest absolute Gasteiger partial charge is 0.479 e. The first-order chi connectivity index (χ1) is 9.74. The molecule has 0 bridgehead atoms. The summed E-state index contributed by atoms with van der Waals surface area (Å²) in [4.78, 5) is 12.9. The maximum Gasteiger partial charge on any atom is 0.245 e. The lowest BCUT2D eigenvalue weighted by molar-refractivity contribution is 0.401. The number of fused-ring (bicyclic) bond motifs is 1. The van der Waals surface area contributed by atoms with Gasteiger partial charge in [0.1, 0.15) is 12.2 Å². The zero-order valence-electron chi connectivity index (χ0n) is 11.1. The van der Waals surface area contributed by atoms with Crippen molar-refractivity contribution in [2.45, 2.75) is 19.3 Å². The van der Waals surface area contributed by atoms with E-state index in [-0.39, 0.29) is 0 Å². The van der Waals surface area contributed by atoms with E-state index in [0.717, 1.165) is 11.5 Å². The average molecular weight is 309 g/mol. The average Bonchev–Trinajstić information content (AvgIpc) is 3.03. The number of ether oxygens (including phenoxy) is 1. The minimum absolute atomic E-state index is 0.322. The van der Waals surface area contributed by atoms with Crippen LogP contribution in [0.1, 0.15) is 17.0 Å². The number of imidazole rings is 1. The minimum Gasteiger partial charge on any atom is -0.479 e. The lowest BCUT2D eigenvalue weighted by atomic mass is 10.2. The molecule has 3 aromatic heterocycles. The highest BCUT2D eigenvalue weighted by Gasteiger charge is 2.16. The number of nitrogens with zero attached hydrogens (tertiary/aromatic N) is 4. The highest BCUT2D eigenvalue weighted by Crippen LogP contribution is 2.24. The molecule has 0 aliphatic rings. The Hall–Kier alpha value is -1.66. The zero-order chi connectivity index (χ0) is 14.1. The first-order valence-electron chi connectivity index (χ1n) is 6.06. The van der Waals surface area contributed by atoms with E-state index < -0.39 is 0 Å². The third kappa shape index (κ3) is 2.14. The number of thiophene rings is 1. The van der Waals surface area contributed by atoms with Gasteiger partial charge in [0.2, 0.25) is 5.88 Å². The maximum absolute atomic E-state index is 6.01. The third-order valence-corrected chi connectivity index (χ3v) is 4.33. The summed E-state index contributed by atoms with van der Waals surface area (Å²) >= 11 is 7.70. The number of halogens is 1.